The Bertz CT molecular complexity index is 1040. The van der Waals surface area contributed by atoms with Crippen molar-refractivity contribution in [3.8, 4) is 22.6 Å². The van der Waals surface area contributed by atoms with Gasteiger partial charge >= 0.3 is 5.97 Å². The second kappa shape index (κ2) is 7.72. The molecule has 1 unspecified atom stereocenters. The zero-order valence-corrected chi connectivity index (χ0v) is 15.4. The zero-order chi connectivity index (χ0) is 19.6. The van der Waals surface area contributed by atoms with E-state index in [1.165, 1.54) is 18.4 Å². The quantitative estimate of drug-likeness (QED) is 0.675. The van der Waals surface area contributed by atoms with Crippen LogP contribution < -0.4 is 14.9 Å². The summed E-state index contributed by atoms with van der Waals surface area (Å²) in [5.41, 5.74) is 0.959. The second-order valence-electron chi connectivity index (χ2n) is 5.84. The molecule has 0 saturated carbocycles. The SMILES string of the molecule is CCC(Oc1cc(Cl)c2c(=O)c(-c3ccc(OC)cc3)coc2c1)C(=O)O. The Labute approximate surface area is 159 Å². The van der Waals surface area contributed by atoms with E-state index in [0.717, 1.165) is 0 Å². The lowest BCUT2D eigenvalue weighted by molar-refractivity contribution is -0.145. The molecule has 0 radical (unpaired) electrons. The van der Waals surface area contributed by atoms with Crippen LogP contribution in [0.15, 0.2) is 51.9 Å². The average Bonchev–Trinajstić information content (AvgIpc) is 2.66. The molecule has 0 amide bonds. The van der Waals surface area contributed by atoms with Crippen LogP contribution in [0.1, 0.15) is 13.3 Å². The standard InChI is InChI=1S/C20H17ClO6/c1-3-16(20(23)24)27-13-8-15(21)18-17(9-13)26-10-14(19(18)22)11-4-6-12(25-2)7-5-11/h4-10,16H,3H2,1-2H3,(H,23,24). The predicted molar refractivity (Wildman–Crippen MR) is 102 cm³/mol. The molecular formula is C20H17ClO6. The van der Waals surface area contributed by atoms with Crippen LogP contribution in [-0.2, 0) is 4.79 Å². The van der Waals surface area contributed by atoms with Crippen LogP contribution in [0, 0.1) is 0 Å². The summed E-state index contributed by atoms with van der Waals surface area (Å²) >= 11 is 6.27. The van der Waals surface area contributed by atoms with E-state index < -0.39 is 12.1 Å². The number of methoxy groups -OCH3 is 1. The van der Waals surface area contributed by atoms with Crippen molar-refractivity contribution in [2.24, 2.45) is 0 Å². The first-order chi connectivity index (χ1) is 12.9. The third-order valence-electron chi connectivity index (χ3n) is 4.13. The first kappa shape index (κ1) is 18.8. The molecule has 0 bridgehead atoms. The fourth-order valence-corrected chi connectivity index (χ4v) is 2.98. The summed E-state index contributed by atoms with van der Waals surface area (Å²) in [5, 5.41) is 9.46. The van der Waals surface area contributed by atoms with Crippen LogP contribution in [0.2, 0.25) is 5.02 Å². The van der Waals surface area contributed by atoms with Gasteiger partial charge in [0.15, 0.2) is 6.10 Å². The molecule has 3 rings (SSSR count). The number of carboxylic acids is 1. The molecule has 1 N–H and O–H groups in total. The molecule has 3 aromatic rings. The molecule has 0 aliphatic carbocycles. The van der Waals surface area contributed by atoms with Gasteiger partial charge in [-0.2, -0.15) is 0 Å². The Kier molecular flexibility index (Phi) is 5.37. The largest absolute Gasteiger partial charge is 0.497 e. The number of rotatable bonds is 6. The van der Waals surface area contributed by atoms with Crippen LogP contribution >= 0.6 is 11.6 Å². The van der Waals surface area contributed by atoms with Gasteiger partial charge in [0.25, 0.3) is 0 Å². The van der Waals surface area contributed by atoms with E-state index in [-0.39, 0.29) is 33.6 Å². The molecule has 0 aliphatic rings. The molecular weight excluding hydrogens is 372 g/mol. The zero-order valence-electron chi connectivity index (χ0n) is 14.7. The van der Waals surface area contributed by atoms with Crippen molar-refractivity contribution >= 4 is 28.5 Å². The van der Waals surface area contributed by atoms with E-state index in [1.54, 1.807) is 38.3 Å². The van der Waals surface area contributed by atoms with Crippen molar-refractivity contribution in [2.75, 3.05) is 7.11 Å². The van der Waals surface area contributed by atoms with Gasteiger partial charge in [-0.1, -0.05) is 30.7 Å². The first-order valence-electron chi connectivity index (χ1n) is 8.23. The van der Waals surface area contributed by atoms with Gasteiger partial charge < -0.3 is 19.0 Å². The number of benzene rings is 2. The molecule has 6 nitrogen and oxygen atoms in total. The van der Waals surface area contributed by atoms with Gasteiger partial charge in [-0.25, -0.2) is 4.79 Å². The lowest BCUT2D eigenvalue weighted by atomic mass is 10.1. The van der Waals surface area contributed by atoms with Gasteiger partial charge in [0.1, 0.15) is 23.3 Å². The van der Waals surface area contributed by atoms with Gasteiger partial charge in [0.2, 0.25) is 5.43 Å². The number of halogens is 1. The summed E-state index contributed by atoms with van der Waals surface area (Å²) in [7, 11) is 1.56. The number of hydrogen-bond donors (Lipinski definition) is 1. The lowest BCUT2D eigenvalue weighted by Gasteiger charge is -2.14. The Hall–Kier alpha value is -2.99. The fourth-order valence-electron chi connectivity index (χ4n) is 2.69. The maximum atomic E-state index is 12.9. The summed E-state index contributed by atoms with van der Waals surface area (Å²) in [6.45, 7) is 1.70. The van der Waals surface area contributed by atoms with Crippen molar-refractivity contribution in [1.82, 2.24) is 0 Å². The van der Waals surface area contributed by atoms with Gasteiger partial charge in [-0.15, -0.1) is 0 Å². The van der Waals surface area contributed by atoms with Crippen molar-refractivity contribution in [1.29, 1.82) is 0 Å². The molecule has 0 saturated heterocycles. The summed E-state index contributed by atoms with van der Waals surface area (Å²) in [6, 6.07) is 9.88. The molecule has 27 heavy (non-hydrogen) atoms. The maximum Gasteiger partial charge on any atom is 0.344 e. The summed E-state index contributed by atoms with van der Waals surface area (Å²) in [4.78, 5) is 24.0. The average molecular weight is 389 g/mol. The minimum absolute atomic E-state index is 0.131. The van der Waals surface area contributed by atoms with Gasteiger partial charge in [-0.05, 0) is 30.2 Å². The molecule has 2 aromatic carbocycles. The normalized spacial score (nSPS) is 12.0. The van der Waals surface area contributed by atoms with E-state index in [2.05, 4.69) is 0 Å². The minimum Gasteiger partial charge on any atom is -0.497 e. The summed E-state index contributed by atoms with van der Waals surface area (Å²) < 4.78 is 16.1. The molecule has 0 spiro atoms. The number of fused-ring (bicyclic) bond motifs is 1. The molecule has 0 aliphatic heterocycles. The topological polar surface area (TPSA) is 86.0 Å². The van der Waals surface area contributed by atoms with E-state index >= 15 is 0 Å². The van der Waals surface area contributed by atoms with Crippen molar-refractivity contribution in [3.05, 3.63) is 57.9 Å². The van der Waals surface area contributed by atoms with Crippen molar-refractivity contribution in [3.63, 3.8) is 0 Å². The van der Waals surface area contributed by atoms with Crippen molar-refractivity contribution < 1.29 is 23.8 Å². The van der Waals surface area contributed by atoms with E-state index in [4.69, 9.17) is 30.6 Å². The number of carbonyl (C=O) groups is 1. The number of carboxylic acid groups (broad SMARTS) is 1. The van der Waals surface area contributed by atoms with Crippen LogP contribution in [0.5, 0.6) is 11.5 Å². The number of aliphatic carboxylic acids is 1. The van der Waals surface area contributed by atoms with Crippen LogP contribution in [0.25, 0.3) is 22.1 Å². The van der Waals surface area contributed by atoms with E-state index in [0.29, 0.717) is 16.9 Å². The highest BCUT2D eigenvalue weighted by atomic mass is 35.5. The Morgan fingerprint density at radius 2 is 1.93 bits per heavy atom. The smallest absolute Gasteiger partial charge is 0.344 e. The third-order valence-corrected chi connectivity index (χ3v) is 4.43. The second-order valence-corrected chi connectivity index (χ2v) is 6.25. The maximum absolute atomic E-state index is 12.9. The summed E-state index contributed by atoms with van der Waals surface area (Å²) in [5.74, 6) is -0.181. The highest BCUT2D eigenvalue weighted by Crippen LogP contribution is 2.30. The summed E-state index contributed by atoms with van der Waals surface area (Å²) in [6.07, 6.45) is 0.621. The third kappa shape index (κ3) is 3.75. The first-order valence-corrected chi connectivity index (χ1v) is 8.61. The number of ether oxygens (including phenoxy) is 2. The van der Waals surface area contributed by atoms with E-state index in [1.807, 2.05) is 0 Å². The number of hydrogen-bond acceptors (Lipinski definition) is 5. The Balaban J connectivity index is 2.06. The van der Waals surface area contributed by atoms with Gasteiger partial charge in [0.05, 0.1) is 23.1 Å². The molecule has 1 heterocycles. The monoisotopic (exact) mass is 388 g/mol. The Morgan fingerprint density at radius 1 is 1.22 bits per heavy atom. The van der Waals surface area contributed by atoms with Crippen LogP contribution in [0.4, 0.5) is 0 Å². The van der Waals surface area contributed by atoms with E-state index in [9.17, 15) is 9.59 Å². The predicted octanol–water partition coefficient (Wildman–Crippen LogP) is 4.36. The van der Waals surface area contributed by atoms with Gasteiger partial charge in [-0.3, -0.25) is 4.79 Å². The highest BCUT2D eigenvalue weighted by molar-refractivity contribution is 6.35. The molecule has 140 valence electrons. The van der Waals surface area contributed by atoms with Crippen LogP contribution in [0.3, 0.4) is 0 Å². The molecule has 0 fully saturated rings. The van der Waals surface area contributed by atoms with Gasteiger partial charge in [0, 0.05) is 6.07 Å². The van der Waals surface area contributed by atoms with Crippen molar-refractivity contribution in [2.45, 2.75) is 19.4 Å². The Morgan fingerprint density at radius 3 is 2.52 bits per heavy atom. The molecule has 1 atom stereocenters. The van der Waals surface area contributed by atoms with Crippen LogP contribution in [-0.4, -0.2) is 24.3 Å². The fraction of sp³-hybridized carbons (Fsp3) is 0.200. The lowest BCUT2D eigenvalue weighted by Crippen LogP contribution is -2.25. The highest BCUT2D eigenvalue weighted by Gasteiger charge is 2.19. The molecule has 1 aromatic heterocycles. The minimum atomic E-state index is -1.08. The molecule has 7 heteroatoms.